The van der Waals surface area contributed by atoms with Gasteiger partial charge in [0.15, 0.2) is 0 Å². The Morgan fingerprint density at radius 2 is 1.12 bits per heavy atom. The third kappa shape index (κ3) is 22.0. The summed E-state index contributed by atoms with van der Waals surface area (Å²) in [7, 11) is 0. The lowest BCUT2D eigenvalue weighted by Crippen LogP contribution is -2.55. The fourth-order valence-corrected chi connectivity index (χ4v) is 3.86. The van der Waals surface area contributed by atoms with Crippen molar-refractivity contribution in [2.45, 2.75) is 123 Å². The molecule has 0 radical (unpaired) electrons. The van der Waals surface area contributed by atoms with Crippen molar-refractivity contribution in [3.8, 4) is 0 Å². The number of carboxylic acids is 2. The minimum absolute atomic E-state index is 0.0620. The van der Waals surface area contributed by atoms with Crippen molar-refractivity contribution in [3.63, 3.8) is 0 Å². The Hall–Kier alpha value is -4.64. The standard InChI is InChI=1S/C30H52N6O12/c1-8-31-24(41)19(12-14-21(37)35-20(26(43)44)13-15-23(39)40)36-25(42)18(11-9-10-16-32-27(45)47-29(2,3)4)34-22(38)17-33-28(46)48-30(5,6)7/h18-20H,8-17H2,1-7H3,(H,31,41)(H,32,45)(H,33,46)(H,34,38)(H,35,37)(H,36,42)(H,39,40)(H,43,44). The quantitative estimate of drug-likeness (QED) is 0.0814. The van der Waals surface area contributed by atoms with E-state index in [-0.39, 0.29) is 32.4 Å². The Bertz CT molecular complexity index is 1130. The zero-order chi connectivity index (χ0) is 37.1. The summed E-state index contributed by atoms with van der Waals surface area (Å²) in [6.07, 6.45) is -2.20. The van der Waals surface area contributed by atoms with Crippen LogP contribution in [0.5, 0.6) is 0 Å². The summed E-state index contributed by atoms with van der Waals surface area (Å²) in [4.78, 5) is 97.4. The minimum atomic E-state index is -1.47. The fourth-order valence-electron chi connectivity index (χ4n) is 3.86. The molecule has 0 heterocycles. The van der Waals surface area contributed by atoms with Gasteiger partial charge < -0.3 is 51.6 Å². The second kappa shape index (κ2) is 21.3. The molecule has 0 aromatic heterocycles. The van der Waals surface area contributed by atoms with Gasteiger partial charge in [-0.05, 0) is 80.6 Å². The molecule has 6 amide bonds. The largest absolute Gasteiger partial charge is 0.481 e. The van der Waals surface area contributed by atoms with Gasteiger partial charge in [0, 0.05) is 25.9 Å². The highest BCUT2D eigenvalue weighted by Gasteiger charge is 2.28. The highest BCUT2D eigenvalue weighted by atomic mass is 16.6. The Balaban J connectivity index is 5.58. The van der Waals surface area contributed by atoms with Gasteiger partial charge in [-0.15, -0.1) is 0 Å². The summed E-state index contributed by atoms with van der Waals surface area (Å²) >= 11 is 0. The molecule has 0 aromatic carbocycles. The monoisotopic (exact) mass is 688 g/mol. The number of amides is 6. The van der Waals surface area contributed by atoms with Crippen LogP contribution in [0.25, 0.3) is 0 Å². The second-order valence-electron chi connectivity index (χ2n) is 12.8. The van der Waals surface area contributed by atoms with Crippen LogP contribution in [0.3, 0.4) is 0 Å². The van der Waals surface area contributed by atoms with Crippen LogP contribution in [0.2, 0.25) is 0 Å². The molecule has 0 fully saturated rings. The van der Waals surface area contributed by atoms with Crippen molar-refractivity contribution in [2.75, 3.05) is 19.6 Å². The summed E-state index contributed by atoms with van der Waals surface area (Å²) in [5.41, 5.74) is -1.50. The Morgan fingerprint density at radius 1 is 0.604 bits per heavy atom. The van der Waals surface area contributed by atoms with Crippen LogP contribution in [-0.4, -0.2) is 107 Å². The number of unbranched alkanes of at least 4 members (excludes halogenated alkanes) is 1. The van der Waals surface area contributed by atoms with E-state index in [0.717, 1.165) is 0 Å². The zero-order valence-corrected chi connectivity index (χ0v) is 28.8. The van der Waals surface area contributed by atoms with Crippen LogP contribution in [-0.2, 0) is 38.2 Å². The number of nitrogens with one attached hydrogen (secondary N) is 6. The van der Waals surface area contributed by atoms with Crippen LogP contribution in [0.4, 0.5) is 9.59 Å². The number of hydrogen-bond donors (Lipinski definition) is 8. The van der Waals surface area contributed by atoms with Gasteiger partial charge >= 0.3 is 24.1 Å². The van der Waals surface area contributed by atoms with E-state index in [9.17, 15) is 43.5 Å². The summed E-state index contributed by atoms with van der Waals surface area (Å²) in [6.45, 7) is 11.6. The summed E-state index contributed by atoms with van der Waals surface area (Å²) < 4.78 is 10.3. The molecule has 3 atom stereocenters. The van der Waals surface area contributed by atoms with E-state index >= 15 is 0 Å². The Labute approximate surface area is 280 Å². The molecule has 274 valence electrons. The first-order valence-electron chi connectivity index (χ1n) is 15.7. The van der Waals surface area contributed by atoms with Crippen LogP contribution in [0.1, 0.15) is 93.4 Å². The minimum Gasteiger partial charge on any atom is -0.481 e. The fraction of sp³-hybridized carbons (Fsp3) is 0.733. The number of carboxylic acid groups (broad SMARTS) is 2. The average Bonchev–Trinajstić information content (AvgIpc) is 2.93. The second-order valence-corrected chi connectivity index (χ2v) is 12.8. The SMILES string of the molecule is CCNC(=O)C(CCC(=O)NC(CCC(=O)O)C(=O)O)NC(=O)C(CCCCNC(=O)OC(C)(C)C)NC(=O)CNC(=O)OC(C)(C)C. The number of likely N-dealkylation sites (N-methyl/N-ethyl adjacent to an activating group) is 1. The Morgan fingerprint density at radius 3 is 1.65 bits per heavy atom. The number of ether oxygens (including phenoxy) is 2. The van der Waals surface area contributed by atoms with E-state index in [1.807, 2.05) is 0 Å². The molecule has 18 heteroatoms. The first-order valence-corrected chi connectivity index (χ1v) is 15.7. The maximum atomic E-state index is 13.4. The smallest absolute Gasteiger partial charge is 0.408 e. The first kappa shape index (κ1) is 43.4. The van der Waals surface area contributed by atoms with Gasteiger partial charge in [-0.1, -0.05) is 0 Å². The normalized spacial score (nSPS) is 13.1. The predicted octanol–water partition coefficient (Wildman–Crippen LogP) is 0.526. The van der Waals surface area contributed by atoms with Gasteiger partial charge in [0.2, 0.25) is 23.6 Å². The molecule has 0 aliphatic heterocycles. The maximum absolute atomic E-state index is 13.4. The van der Waals surface area contributed by atoms with Gasteiger partial charge in [0.25, 0.3) is 0 Å². The number of carbonyl (C=O) groups is 8. The number of aliphatic carboxylic acids is 2. The average molecular weight is 689 g/mol. The van der Waals surface area contributed by atoms with Gasteiger partial charge in [-0.25, -0.2) is 14.4 Å². The topological polar surface area (TPSA) is 268 Å². The number of carbonyl (C=O) groups excluding carboxylic acids is 6. The van der Waals surface area contributed by atoms with Crippen LogP contribution >= 0.6 is 0 Å². The highest BCUT2D eigenvalue weighted by molar-refractivity contribution is 5.93. The van der Waals surface area contributed by atoms with E-state index in [2.05, 4.69) is 31.9 Å². The molecular weight excluding hydrogens is 636 g/mol. The lowest BCUT2D eigenvalue weighted by molar-refractivity contribution is -0.143. The molecule has 0 saturated heterocycles. The van der Waals surface area contributed by atoms with E-state index < -0.39 is 96.5 Å². The molecule has 18 nitrogen and oxygen atoms in total. The number of rotatable bonds is 20. The van der Waals surface area contributed by atoms with E-state index in [0.29, 0.717) is 12.8 Å². The molecule has 0 saturated carbocycles. The van der Waals surface area contributed by atoms with Gasteiger partial charge in [0.1, 0.15) is 35.9 Å². The molecule has 0 bridgehead atoms. The summed E-state index contributed by atoms with van der Waals surface area (Å²) in [5.74, 6) is -5.61. The molecule has 8 N–H and O–H groups in total. The molecule has 0 aliphatic carbocycles. The zero-order valence-electron chi connectivity index (χ0n) is 28.8. The number of hydrogen-bond acceptors (Lipinski definition) is 10. The Kier molecular flexibility index (Phi) is 19.2. The van der Waals surface area contributed by atoms with E-state index in [4.69, 9.17) is 14.6 Å². The van der Waals surface area contributed by atoms with Crippen molar-refractivity contribution in [3.05, 3.63) is 0 Å². The van der Waals surface area contributed by atoms with Crippen LogP contribution in [0, 0.1) is 0 Å². The summed E-state index contributed by atoms with van der Waals surface area (Å²) in [5, 5.41) is 32.8. The predicted molar refractivity (Wildman–Crippen MR) is 171 cm³/mol. The van der Waals surface area contributed by atoms with Crippen molar-refractivity contribution in [2.24, 2.45) is 0 Å². The van der Waals surface area contributed by atoms with Crippen molar-refractivity contribution < 1.29 is 58.0 Å². The molecule has 3 unspecified atom stereocenters. The van der Waals surface area contributed by atoms with Crippen LogP contribution < -0.4 is 31.9 Å². The molecule has 48 heavy (non-hydrogen) atoms. The molecular formula is C30H52N6O12. The molecule has 0 aromatic rings. The third-order valence-corrected chi connectivity index (χ3v) is 5.96. The van der Waals surface area contributed by atoms with Crippen LogP contribution in [0.15, 0.2) is 0 Å². The molecule has 0 aliphatic rings. The third-order valence-electron chi connectivity index (χ3n) is 5.96. The van der Waals surface area contributed by atoms with Crippen molar-refractivity contribution in [1.29, 1.82) is 0 Å². The maximum Gasteiger partial charge on any atom is 0.408 e. The lowest BCUT2D eigenvalue weighted by atomic mass is 10.1. The van der Waals surface area contributed by atoms with Gasteiger partial charge in [-0.3, -0.25) is 24.0 Å². The molecule has 0 rings (SSSR count). The number of alkyl carbamates (subject to hydrolysis) is 2. The summed E-state index contributed by atoms with van der Waals surface area (Å²) in [6, 6.07) is -3.93. The van der Waals surface area contributed by atoms with Crippen molar-refractivity contribution >= 4 is 47.8 Å². The van der Waals surface area contributed by atoms with E-state index in [1.165, 1.54) is 0 Å². The van der Waals surface area contributed by atoms with Gasteiger partial charge in [-0.2, -0.15) is 0 Å². The van der Waals surface area contributed by atoms with Gasteiger partial charge in [0.05, 0.1) is 0 Å². The lowest BCUT2D eigenvalue weighted by Gasteiger charge is -2.24. The molecule has 0 spiro atoms. The van der Waals surface area contributed by atoms with Crippen molar-refractivity contribution in [1.82, 2.24) is 31.9 Å². The first-order chi connectivity index (χ1) is 22.1. The van der Waals surface area contributed by atoms with E-state index in [1.54, 1.807) is 48.5 Å². The highest BCUT2D eigenvalue weighted by Crippen LogP contribution is 2.09.